The summed E-state index contributed by atoms with van der Waals surface area (Å²) in [6, 6.07) is 22.2. The van der Waals surface area contributed by atoms with E-state index in [4.69, 9.17) is 19.0 Å². The van der Waals surface area contributed by atoms with Crippen LogP contribution in [0, 0.1) is 0 Å². The molecule has 0 atom stereocenters. The molecule has 50 heavy (non-hydrogen) atoms. The van der Waals surface area contributed by atoms with E-state index in [-0.39, 0.29) is 23.6 Å². The number of carbonyl (C=O) groups is 2. The molecule has 1 fully saturated rings. The van der Waals surface area contributed by atoms with Gasteiger partial charge in [-0.3, -0.25) is 19.4 Å². The molecule has 3 N–H and O–H groups in total. The lowest BCUT2D eigenvalue weighted by Crippen LogP contribution is -2.38. The van der Waals surface area contributed by atoms with Crippen molar-refractivity contribution in [2.75, 3.05) is 55.4 Å². The number of rotatable bonds is 10. The maximum absolute atomic E-state index is 12.8. The second-order valence-electron chi connectivity index (χ2n) is 13.2. The molecule has 0 spiro atoms. The van der Waals surface area contributed by atoms with Gasteiger partial charge in [-0.05, 0) is 48.0 Å². The molecule has 0 unspecified atom stereocenters. The minimum atomic E-state index is -0.450. The second-order valence-corrected chi connectivity index (χ2v) is 14.2. The fourth-order valence-corrected chi connectivity index (χ4v) is 6.65. The van der Waals surface area contributed by atoms with Crippen molar-refractivity contribution < 1.29 is 23.6 Å². The van der Waals surface area contributed by atoms with Crippen molar-refractivity contribution in [3.8, 4) is 17.0 Å². The zero-order chi connectivity index (χ0) is 34.7. The highest BCUT2D eigenvalue weighted by molar-refractivity contribution is 7.23. The van der Waals surface area contributed by atoms with Gasteiger partial charge < -0.3 is 24.6 Å². The Labute approximate surface area is 293 Å². The van der Waals surface area contributed by atoms with E-state index >= 15 is 0 Å². The minimum absolute atomic E-state index is 0.144. The molecule has 1 aliphatic heterocycles. The van der Waals surface area contributed by atoms with E-state index in [1.54, 1.807) is 41.7 Å². The predicted octanol–water partition coefficient (Wildman–Crippen LogP) is 7.04. The van der Waals surface area contributed by atoms with Crippen LogP contribution in [-0.4, -0.2) is 70.8 Å². The Kier molecular flexibility index (Phi) is 9.52. The number of thiazole rings is 1. The van der Waals surface area contributed by atoms with Crippen molar-refractivity contribution in [1.82, 2.24) is 19.4 Å². The number of hydrogen-bond acceptors (Lipinski definition) is 9. The third-order valence-electron chi connectivity index (χ3n) is 8.40. The Balaban J connectivity index is 0.900. The van der Waals surface area contributed by atoms with Gasteiger partial charge in [0.15, 0.2) is 4.96 Å². The van der Waals surface area contributed by atoms with E-state index < -0.39 is 6.03 Å². The molecular weight excluding hydrogens is 655 g/mol. The molecule has 1 aliphatic rings. The summed E-state index contributed by atoms with van der Waals surface area (Å²) in [4.78, 5) is 33.3. The summed E-state index contributed by atoms with van der Waals surface area (Å²) in [6.45, 7) is 11.1. The summed E-state index contributed by atoms with van der Waals surface area (Å²) in [6.07, 6.45) is 2.23. The molecular formula is C37H39N7O5S. The molecule has 0 bridgehead atoms. The third kappa shape index (κ3) is 7.96. The number of hydrogen-bond donors (Lipinski definition) is 3. The number of anilines is 3. The van der Waals surface area contributed by atoms with Crippen LogP contribution in [0.5, 0.6) is 5.75 Å². The number of urea groups is 1. The molecule has 7 rings (SSSR count). The Morgan fingerprint density at radius 3 is 2.40 bits per heavy atom. The Morgan fingerprint density at radius 1 is 0.920 bits per heavy atom. The zero-order valence-electron chi connectivity index (χ0n) is 28.2. The van der Waals surface area contributed by atoms with E-state index in [1.165, 1.54) is 0 Å². The third-order valence-corrected chi connectivity index (χ3v) is 9.42. The number of nitrogens with zero attached hydrogens (tertiary/aromatic N) is 4. The quantitative estimate of drug-likeness (QED) is 0.139. The van der Waals surface area contributed by atoms with Gasteiger partial charge in [0.25, 0.3) is 0 Å². The normalized spacial score (nSPS) is 13.8. The van der Waals surface area contributed by atoms with Crippen LogP contribution >= 0.6 is 11.3 Å². The molecule has 258 valence electrons. The summed E-state index contributed by atoms with van der Waals surface area (Å²) >= 11 is 1.63. The highest BCUT2D eigenvalue weighted by Crippen LogP contribution is 2.32. The van der Waals surface area contributed by atoms with Gasteiger partial charge in [-0.2, -0.15) is 0 Å². The van der Waals surface area contributed by atoms with Crippen LogP contribution in [0.1, 0.15) is 32.0 Å². The van der Waals surface area contributed by atoms with Crippen LogP contribution in [0.25, 0.3) is 26.4 Å². The summed E-state index contributed by atoms with van der Waals surface area (Å²) in [5, 5.41) is 12.4. The minimum Gasteiger partial charge on any atom is -0.492 e. The molecule has 0 saturated carbocycles. The first kappa shape index (κ1) is 33.3. The van der Waals surface area contributed by atoms with Gasteiger partial charge in [-0.25, -0.2) is 9.78 Å². The van der Waals surface area contributed by atoms with Gasteiger partial charge in [0, 0.05) is 54.3 Å². The Hall–Kier alpha value is -5.24. The van der Waals surface area contributed by atoms with Crippen LogP contribution in [0.15, 0.2) is 83.5 Å². The van der Waals surface area contributed by atoms with Crippen molar-refractivity contribution in [1.29, 1.82) is 0 Å². The molecule has 0 radical (unpaired) electrons. The zero-order valence-corrected chi connectivity index (χ0v) is 29.0. The van der Waals surface area contributed by atoms with Gasteiger partial charge in [0.05, 0.1) is 41.2 Å². The summed E-state index contributed by atoms with van der Waals surface area (Å²) in [7, 11) is 0. The first-order valence-corrected chi connectivity index (χ1v) is 17.4. The van der Waals surface area contributed by atoms with Crippen LogP contribution in [0.4, 0.5) is 22.1 Å². The van der Waals surface area contributed by atoms with Crippen LogP contribution in [-0.2, 0) is 21.4 Å². The highest BCUT2D eigenvalue weighted by Gasteiger charge is 2.20. The second kappa shape index (κ2) is 14.3. The Morgan fingerprint density at radius 2 is 1.66 bits per heavy atom. The van der Waals surface area contributed by atoms with Crippen LogP contribution < -0.4 is 20.7 Å². The lowest BCUT2D eigenvalue weighted by molar-refractivity contribution is -0.115. The molecule has 12 nitrogen and oxygen atoms in total. The van der Waals surface area contributed by atoms with Crippen LogP contribution in [0.3, 0.4) is 0 Å². The molecule has 3 amide bonds. The van der Waals surface area contributed by atoms with Crippen LogP contribution in [0.2, 0.25) is 0 Å². The van der Waals surface area contributed by atoms with Crippen molar-refractivity contribution in [3.63, 3.8) is 0 Å². The number of carbonyl (C=O) groups excluding carboxylic acids is 2. The molecule has 3 aromatic heterocycles. The van der Waals surface area contributed by atoms with Gasteiger partial charge in [-0.15, -0.1) is 0 Å². The van der Waals surface area contributed by atoms with Crippen molar-refractivity contribution in [2.45, 2.75) is 32.6 Å². The van der Waals surface area contributed by atoms with Gasteiger partial charge in [0.2, 0.25) is 11.8 Å². The molecule has 1 saturated heterocycles. The summed E-state index contributed by atoms with van der Waals surface area (Å²) in [5.41, 5.74) is 5.55. The fourth-order valence-electron chi connectivity index (χ4n) is 5.61. The number of ether oxygens (including phenoxy) is 2. The molecule has 0 aliphatic carbocycles. The lowest BCUT2D eigenvalue weighted by Gasteiger charge is -2.26. The van der Waals surface area contributed by atoms with Gasteiger partial charge in [-0.1, -0.05) is 61.5 Å². The standard InChI is InChI=1S/C37H39N7O5S/c1-37(2,3)32-22-34(49-42-32)41-35(46)39-27-8-4-24(5-9-27)20-33(45)38-26-10-6-25(7-11-26)29-23-44-30-13-12-28(21-31(30)50-36(44)40-29)48-19-16-43-14-17-47-18-15-43/h4-13,21-23H,14-20H2,1-3H3,(H,38,45)(H2,39,41,46). The average Bonchev–Trinajstić information content (AvgIpc) is 3.82. The maximum atomic E-state index is 12.8. The van der Waals surface area contributed by atoms with E-state index in [2.05, 4.69) is 42.5 Å². The summed E-state index contributed by atoms with van der Waals surface area (Å²) in [5.74, 6) is 0.985. The predicted molar refractivity (Wildman–Crippen MR) is 195 cm³/mol. The smallest absolute Gasteiger partial charge is 0.326 e. The van der Waals surface area contributed by atoms with Gasteiger partial charge in [0.1, 0.15) is 12.4 Å². The molecule has 4 heterocycles. The maximum Gasteiger partial charge on any atom is 0.326 e. The fraction of sp³-hybridized carbons (Fsp3) is 0.297. The largest absolute Gasteiger partial charge is 0.492 e. The lowest BCUT2D eigenvalue weighted by atomic mass is 9.92. The number of amides is 3. The van der Waals surface area contributed by atoms with Crippen molar-refractivity contribution in [2.24, 2.45) is 0 Å². The molecule has 3 aromatic carbocycles. The summed E-state index contributed by atoms with van der Waals surface area (Å²) < 4.78 is 19.9. The first-order chi connectivity index (χ1) is 24.2. The van der Waals surface area contributed by atoms with E-state index in [0.717, 1.165) is 76.3 Å². The monoisotopic (exact) mass is 693 g/mol. The number of fused-ring (bicyclic) bond motifs is 3. The van der Waals surface area contributed by atoms with Crippen molar-refractivity contribution >= 4 is 55.7 Å². The van der Waals surface area contributed by atoms with E-state index in [0.29, 0.717) is 18.0 Å². The van der Waals surface area contributed by atoms with E-state index in [1.807, 2.05) is 57.3 Å². The first-order valence-electron chi connectivity index (χ1n) is 16.6. The Bertz CT molecular complexity index is 2110. The molecule has 6 aromatic rings. The van der Waals surface area contributed by atoms with E-state index in [9.17, 15) is 9.59 Å². The van der Waals surface area contributed by atoms with Gasteiger partial charge >= 0.3 is 6.03 Å². The topological polar surface area (TPSA) is 135 Å². The average molecular weight is 694 g/mol. The number of morpholine rings is 1. The molecule has 13 heteroatoms. The van der Waals surface area contributed by atoms with Crippen molar-refractivity contribution in [3.05, 3.63) is 90.3 Å². The number of aromatic nitrogens is 3. The SMILES string of the molecule is CC(C)(C)c1cc(NC(=O)Nc2ccc(CC(=O)Nc3ccc(-c4cn5c(n4)sc4cc(OCCN6CCOCC6)ccc45)cc3)cc2)on1. The number of benzene rings is 3. The number of nitrogens with one attached hydrogen (secondary N) is 3. The number of imidazole rings is 1. The highest BCUT2D eigenvalue weighted by atomic mass is 32.1.